The molecule has 5 heteroatoms. The summed E-state index contributed by atoms with van der Waals surface area (Å²) in [6.07, 6.45) is 1.74. The maximum Gasteiger partial charge on any atom is 0.321 e. The first-order valence-corrected chi connectivity index (χ1v) is 4.59. The van der Waals surface area contributed by atoms with Crippen LogP contribution < -0.4 is 5.73 Å². The molecule has 0 saturated heterocycles. The molecule has 0 aromatic heterocycles. The molecular formula is C6H10ClNO2S. The molecule has 0 spiro atoms. The number of hydrogen-bond donors (Lipinski definition) is 2. The Labute approximate surface area is 74.6 Å². The molecule has 3 N–H and O–H groups in total. The zero-order chi connectivity index (χ0) is 8.69. The largest absolute Gasteiger partial charge is 0.480 e. The fraction of sp³-hybridized carbons (Fsp3) is 0.500. The molecule has 0 aromatic carbocycles. The summed E-state index contributed by atoms with van der Waals surface area (Å²) in [5, 5.41) is 8.36. The van der Waals surface area contributed by atoms with Crippen LogP contribution in [0.15, 0.2) is 11.6 Å². The van der Waals surface area contributed by atoms with Crippen molar-refractivity contribution >= 4 is 29.3 Å². The highest BCUT2D eigenvalue weighted by Gasteiger charge is 2.09. The zero-order valence-electron chi connectivity index (χ0n) is 5.87. The third kappa shape index (κ3) is 6.22. The van der Waals surface area contributed by atoms with Gasteiger partial charge in [0.2, 0.25) is 0 Å². The minimum Gasteiger partial charge on any atom is -0.480 e. The van der Waals surface area contributed by atoms with Gasteiger partial charge in [-0.05, 0) is 0 Å². The van der Waals surface area contributed by atoms with E-state index in [1.165, 1.54) is 17.3 Å². The third-order valence-electron chi connectivity index (χ3n) is 0.918. The minimum absolute atomic E-state index is 0.413. The summed E-state index contributed by atoms with van der Waals surface area (Å²) in [6, 6.07) is -0.774. The van der Waals surface area contributed by atoms with Gasteiger partial charge in [-0.15, -0.1) is 0 Å². The highest BCUT2D eigenvalue weighted by molar-refractivity contribution is 7.99. The average molecular weight is 196 g/mol. The number of thioether (sulfide) groups is 1. The van der Waals surface area contributed by atoms with Crippen LogP contribution in [0.25, 0.3) is 0 Å². The Balaban J connectivity index is 3.31. The number of rotatable bonds is 5. The van der Waals surface area contributed by atoms with E-state index in [1.54, 1.807) is 6.08 Å². The van der Waals surface area contributed by atoms with E-state index in [1.807, 2.05) is 0 Å². The molecule has 0 amide bonds. The molecule has 0 aromatic rings. The molecule has 0 aliphatic heterocycles. The smallest absolute Gasteiger partial charge is 0.321 e. The van der Waals surface area contributed by atoms with E-state index in [4.69, 9.17) is 22.4 Å². The van der Waals surface area contributed by atoms with Crippen molar-refractivity contribution in [1.29, 1.82) is 0 Å². The summed E-state index contributed by atoms with van der Waals surface area (Å²) in [5.41, 5.74) is 6.62. The molecule has 0 unspecified atom stereocenters. The van der Waals surface area contributed by atoms with E-state index >= 15 is 0 Å². The molecule has 0 fully saturated rings. The monoisotopic (exact) mass is 195 g/mol. The van der Waals surface area contributed by atoms with E-state index in [2.05, 4.69) is 0 Å². The van der Waals surface area contributed by atoms with Crippen molar-refractivity contribution in [3.8, 4) is 0 Å². The van der Waals surface area contributed by atoms with Crippen molar-refractivity contribution in [3.05, 3.63) is 11.6 Å². The van der Waals surface area contributed by atoms with Gasteiger partial charge in [0, 0.05) is 17.0 Å². The van der Waals surface area contributed by atoms with Gasteiger partial charge >= 0.3 is 5.97 Å². The summed E-state index contributed by atoms with van der Waals surface area (Å²) in [6.45, 7) is 0. The average Bonchev–Trinajstić information content (AvgIpc) is 1.97. The topological polar surface area (TPSA) is 63.3 Å². The Hall–Kier alpha value is -0.190. The molecule has 0 bridgehead atoms. The quantitative estimate of drug-likeness (QED) is 0.640. The van der Waals surface area contributed by atoms with Crippen molar-refractivity contribution in [1.82, 2.24) is 0 Å². The van der Waals surface area contributed by atoms with Gasteiger partial charge in [-0.3, -0.25) is 4.79 Å². The van der Waals surface area contributed by atoms with Gasteiger partial charge in [0.1, 0.15) is 6.04 Å². The number of halogens is 1. The first-order valence-electron chi connectivity index (χ1n) is 3.00. The van der Waals surface area contributed by atoms with Crippen LogP contribution in [0.4, 0.5) is 0 Å². The van der Waals surface area contributed by atoms with Crippen LogP contribution in [-0.4, -0.2) is 28.6 Å². The Morgan fingerprint density at radius 2 is 2.45 bits per heavy atom. The van der Waals surface area contributed by atoms with Crippen LogP contribution in [-0.2, 0) is 4.79 Å². The van der Waals surface area contributed by atoms with Crippen LogP contribution in [0, 0.1) is 0 Å². The van der Waals surface area contributed by atoms with Crippen LogP contribution >= 0.6 is 23.4 Å². The summed E-state index contributed by atoms with van der Waals surface area (Å²) >= 11 is 6.68. The third-order valence-corrected chi connectivity index (χ3v) is 2.12. The molecule has 0 heterocycles. The molecule has 11 heavy (non-hydrogen) atoms. The number of nitrogens with two attached hydrogens (primary N) is 1. The van der Waals surface area contributed by atoms with Crippen LogP contribution in [0.2, 0.25) is 0 Å². The van der Waals surface area contributed by atoms with E-state index in [0.29, 0.717) is 11.5 Å². The summed E-state index contributed by atoms with van der Waals surface area (Å²) in [7, 11) is 0. The molecule has 0 rings (SSSR count). The molecule has 0 aliphatic rings. The first-order chi connectivity index (χ1) is 5.18. The standard InChI is InChI=1S/C6H10ClNO2S/c7-2-1-3-11-4-5(8)6(9)10/h1-2,5H,3-4,8H2,(H,9,10)/b2-1-/t5-/m1/s1. The van der Waals surface area contributed by atoms with E-state index in [-0.39, 0.29) is 0 Å². The van der Waals surface area contributed by atoms with Crippen molar-refractivity contribution in [2.24, 2.45) is 5.73 Å². The lowest BCUT2D eigenvalue weighted by molar-refractivity contribution is -0.137. The van der Waals surface area contributed by atoms with E-state index < -0.39 is 12.0 Å². The van der Waals surface area contributed by atoms with Crippen molar-refractivity contribution in [2.45, 2.75) is 6.04 Å². The van der Waals surface area contributed by atoms with E-state index in [9.17, 15) is 4.79 Å². The lowest BCUT2D eigenvalue weighted by Gasteiger charge is -2.02. The SMILES string of the molecule is N[C@H](CSC/C=C\Cl)C(=O)O. The van der Waals surface area contributed by atoms with Crippen molar-refractivity contribution in [3.63, 3.8) is 0 Å². The lowest BCUT2D eigenvalue weighted by Crippen LogP contribution is -2.32. The zero-order valence-corrected chi connectivity index (χ0v) is 7.44. The Bertz CT molecular complexity index is 152. The first kappa shape index (κ1) is 10.8. The predicted molar refractivity (Wildman–Crippen MR) is 47.9 cm³/mol. The minimum atomic E-state index is -0.965. The second-order valence-electron chi connectivity index (χ2n) is 1.84. The van der Waals surface area contributed by atoms with Crippen LogP contribution in [0.3, 0.4) is 0 Å². The molecule has 3 nitrogen and oxygen atoms in total. The number of carboxylic acids is 1. The fourth-order valence-corrected chi connectivity index (χ4v) is 1.33. The molecular weight excluding hydrogens is 186 g/mol. The van der Waals surface area contributed by atoms with Crippen molar-refractivity contribution < 1.29 is 9.90 Å². The highest BCUT2D eigenvalue weighted by atomic mass is 35.5. The normalized spacial score (nSPS) is 13.6. The van der Waals surface area contributed by atoms with Gasteiger partial charge in [0.05, 0.1) is 0 Å². The predicted octanol–water partition coefficient (Wildman–Crippen LogP) is 0.884. The van der Waals surface area contributed by atoms with Gasteiger partial charge in [0.15, 0.2) is 0 Å². The number of aliphatic carboxylic acids is 1. The van der Waals surface area contributed by atoms with Crippen molar-refractivity contribution in [2.75, 3.05) is 11.5 Å². The Kier molecular flexibility index (Phi) is 6.40. The van der Waals surface area contributed by atoms with Gasteiger partial charge in [0.25, 0.3) is 0 Å². The highest BCUT2D eigenvalue weighted by Crippen LogP contribution is 2.02. The van der Waals surface area contributed by atoms with Gasteiger partial charge in [-0.25, -0.2) is 0 Å². The molecule has 64 valence electrons. The van der Waals surface area contributed by atoms with Gasteiger partial charge in [-0.2, -0.15) is 11.8 Å². The molecule has 1 atom stereocenters. The molecule has 0 radical (unpaired) electrons. The van der Waals surface area contributed by atoms with Gasteiger partial charge < -0.3 is 10.8 Å². The molecule has 0 saturated carbocycles. The maximum atomic E-state index is 10.2. The second-order valence-corrected chi connectivity index (χ2v) is 3.17. The van der Waals surface area contributed by atoms with Crippen LogP contribution in [0.5, 0.6) is 0 Å². The number of hydrogen-bond acceptors (Lipinski definition) is 3. The summed E-state index contributed by atoms with van der Waals surface area (Å²) in [4.78, 5) is 10.2. The fourth-order valence-electron chi connectivity index (χ4n) is 0.371. The summed E-state index contributed by atoms with van der Waals surface area (Å²) < 4.78 is 0. The lowest BCUT2D eigenvalue weighted by atomic mass is 10.4. The maximum absolute atomic E-state index is 10.2. The Morgan fingerprint density at radius 1 is 1.82 bits per heavy atom. The van der Waals surface area contributed by atoms with Crippen LogP contribution in [0.1, 0.15) is 0 Å². The Morgan fingerprint density at radius 3 is 2.91 bits per heavy atom. The second kappa shape index (κ2) is 6.52. The van der Waals surface area contributed by atoms with Gasteiger partial charge in [-0.1, -0.05) is 17.7 Å². The molecule has 0 aliphatic carbocycles. The number of carboxylic acid groups (broad SMARTS) is 1. The van der Waals surface area contributed by atoms with E-state index in [0.717, 1.165) is 0 Å². The summed E-state index contributed by atoms with van der Waals surface area (Å²) in [5.74, 6) is 0.147. The number of carbonyl (C=O) groups is 1.